The first-order valence-electron chi connectivity index (χ1n) is 9.47. The summed E-state index contributed by atoms with van der Waals surface area (Å²) in [6.45, 7) is 6.62. The van der Waals surface area contributed by atoms with Crippen LogP contribution >= 0.6 is 0 Å². The van der Waals surface area contributed by atoms with Crippen molar-refractivity contribution in [1.29, 1.82) is 0 Å². The van der Waals surface area contributed by atoms with Gasteiger partial charge in [0.05, 0.1) is 18.9 Å². The molecule has 8 heteroatoms. The van der Waals surface area contributed by atoms with E-state index in [1.165, 1.54) is 6.07 Å². The number of para-hydroxylation sites is 1. The smallest absolute Gasteiger partial charge is 0.232 e. The van der Waals surface area contributed by atoms with E-state index in [0.29, 0.717) is 38.4 Å². The molecule has 2 amide bonds. The number of morpholine rings is 1. The van der Waals surface area contributed by atoms with Crippen molar-refractivity contribution in [3.63, 3.8) is 0 Å². The van der Waals surface area contributed by atoms with E-state index in [0.717, 1.165) is 32.8 Å². The predicted molar refractivity (Wildman–Crippen MR) is 100 cm³/mol. The molecule has 7 nitrogen and oxygen atoms in total. The van der Waals surface area contributed by atoms with Crippen LogP contribution in [0.1, 0.15) is 6.42 Å². The van der Waals surface area contributed by atoms with Crippen molar-refractivity contribution in [2.24, 2.45) is 0 Å². The van der Waals surface area contributed by atoms with E-state index in [9.17, 15) is 14.0 Å². The van der Waals surface area contributed by atoms with Crippen LogP contribution in [0.25, 0.3) is 0 Å². The molecule has 0 atom stereocenters. The van der Waals surface area contributed by atoms with Crippen LogP contribution in [-0.4, -0.2) is 87.2 Å². The number of hydrogen-bond donors (Lipinski definition) is 1. The van der Waals surface area contributed by atoms with Gasteiger partial charge in [0.2, 0.25) is 11.8 Å². The number of ether oxygens (including phenoxy) is 1. The Balaban J connectivity index is 1.36. The van der Waals surface area contributed by atoms with E-state index in [2.05, 4.69) is 10.2 Å². The van der Waals surface area contributed by atoms with Crippen molar-refractivity contribution < 1.29 is 18.7 Å². The number of piperazine rings is 1. The van der Waals surface area contributed by atoms with Crippen LogP contribution < -0.4 is 10.2 Å². The van der Waals surface area contributed by atoms with Gasteiger partial charge in [-0.25, -0.2) is 4.39 Å². The molecule has 0 aromatic heterocycles. The molecular weight excluding hydrogens is 351 g/mol. The van der Waals surface area contributed by atoms with Gasteiger partial charge >= 0.3 is 0 Å². The third-order valence-corrected chi connectivity index (χ3v) is 4.99. The quantitative estimate of drug-likeness (QED) is 0.722. The minimum absolute atomic E-state index is 0.136. The Bertz CT molecular complexity index is 644. The zero-order valence-corrected chi connectivity index (χ0v) is 15.5. The largest absolute Gasteiger partial charge is 0.379 e. The molecule has 0 bridgehead atoms. The molecule has 0 radical (unpaired) electrons. The van der Waals surface area contributed by atoms with Gasteiger partial charge in [-0.1, -0.05) is 12.1 Å². The van der Waals surface area contributed by atoms with E-state index in [-0.39, 0.29) is 24.1 Å². The van der Waals surface area contributed by atoms with Gasteiger partial charge in [-0.2, -0.15) is 0 Å². The van der Waals surface area contributed by atoms with E-state index in [1.54, 1.807) is 23.1 Å². The number of carbonyl (C=O) groups excluding carboxylic acids is 2. The lowest BCUT2D eigenvalue weighted by Crippen LogP contribution is -2.50. The molecule has 3 rings (SSSR count). The molecule has 0 unspecified atom stereocenters. The van der Waals surface area contributed by atoms with Gasteiger partial charge in [0.15, 0.2) is 0 Å². The SMILES string of the molecule is O=C(CC(=O)N1CCN(c2ccccc2F)CC1)NCCN1CCOCC1. The summed E-state index contributed by atoms with van der Waals surface area (Å²) >= 11 is 0. The number of nitrogens with zero attached hydrogens (tertiary/aromatic N) is 3. The normalized spacial score (nSPS) is 18.4. The maximum absolute atomic E-state index is 13.9. The third kappa shape index (κ3) is 5.64. The highest BCUT2D eigenvalue weighted by atomic mass is 19.1. The Kier molecular flexibility index (Phi) is 7.00. The Morgan fingerprint density at radius 1 is 1.04 bits per heavy atom. The van der Waals surface area contributed by atoms with Gasteiger partial charge in [-0.05, 0) is 12.1 Å². The van der Waals surface area contributed by atoms with Crippen LogP contribution in [-0.2, 0) is 14.3 Å². The molecule has 0 spiro atoms. The first kappa shape index (κ1) is 19.6. The number of carbonyl (C=O) groups is 2. The van der Waals surface area contributed by atoms with Gasteiger partial charge in [0, 0.05) is 52.4 Å². The van der Waals surface area contributed by atoms with Crippen LogP contribution in [0.2, 0.25) is 0 Å². The minimum atomic E-state index is -0.253. The monoisotopic (exact) mass is 378 g/mol. The molecule has 2 aliphatic heterocycles. The number of halogens is 1. The standard InChI is InChI=1S/C19H27FN4O3/c20-16-3-1-2-4-17(16)23-7-9-24(10-8-23)19(26)15-18(25)21-5-6-22-11-13-27-14-12-22/h1-4H,5-15H2,(H,21,25). The molecule has 1 aromatic rings. The second kappa shape index (κ2) is 9.66. The molecule has 2 saturated heterocycles. The molecule has 2 heterocycles. The molecule has 1 aromatic carbocycles. The summed E-state index contributed by atoms with van der Waals surface area (Å²) in [6.07, 6.45) is -0.136. The fourth-order valence-corrected chi connectivity index (χ4v) is 3.39. The summed E-state index contributed by atoms with van der Waals surface area (Å²) in [7, 11) is 0. The van der Waals surface area contributed by atoms with Crippen LogP contribution in [0.4, 0.5) is 10.1 Å². The average Bonchev–Trinajstić information content (AvgIpc) is 2.69. The molecule has 2 aliphatic rings. The average molecular weight is 378 g/mol. The van der Waals surface area contributed by atoms with Gasteiger partial charge < -0.3 is 19.9 Å². The summed E-state index contributed by atoms with van der Waals surface area (Å²) in [4.78, 5) is 30.2. The predicted octanol–water partition coefficient (Wildman–Crippen LogP) is 0.313. The zero-order valence-electron chi connectivity index (χ0n) is 15.5. The van der Waals surface area contributed by atoms with Gasteiger partial charge in [0.25, 0.3) is 0 Å². The molecule has 2 fully saturated rings. The third-order valence-electron chi connectivity index (χ3n) is 4.99. The minimum Gasteiger partial charge on any atom is -0.379 e. The van der Waals surface area contributed by atoms with Crippen molar-refractivity contribution in [3.8, 4) is 0 Å². The lowest BCUT2D eigenvalue weighted by Gasteiger charge is -2.36. The van der Waals surface area contributed by atoms with Crippen molar-refractivity contribution in [3.05, 3.63) is 30.1 Å². The molecule has 0 saturated carbocycles. The highest BCUT2D eigenvalue weighted by Crippen LogP contribution is 2.20. The lowest BCUT2D eigenvalue weighted by molar-refractivity contribution is -0.136. The van der Waals surface area contributed by atoms with Gasteiger partial charge in [-0.3, -0.25) is 14.5 Å². The number of amides is 2. The summed E-state index contributed by atoms with van der Waals surface area (Å²) in [6, 6.07) is 6.65. The Morgan fingerprint density at radius 2 is 1.74 bits per heavy atom. The van der Waals surface area contributed by atoms with Crippen LogP contribution in [0.5, 0.6) is 0 Å². The second-order valence-electron chi connectivity index (χ2n) is 6.80. The highest BCUT2D eigenvalue weighted by molar-refractivity contribution is 5.97. The fourth-order valence-electron chi connectivity index (χ4n) is 3.39. The lowest BCUT2D eigenvalue weighted by atomic mass is 10.2. The van der Waals surface area contributed by atoms with Crippen molar-refractivity contribution in [2.75, 3.05) is 70.5 Å². The number of hydrogen-bond acceptors (Lipinski definition) is 5. The topological polar surface area (TPSA) is 65.1 Å². The Morgan fingerprint density at radius 3 is 2.44 bits per heavy atom. The molecule has 0 aliphatic carbocycles. The van der Waals surface area contributed by atoms with Crippen LogP contribution in [0.15, 0.2) is 24.3 Å². The molecule has 1 N–H and O–H groups in total. The first-order valence-corrected chi connectivity index (χ1v) is 9.47. The van der Waals surface area contributed by atoms with Gasteiger partial charge in [-0.15, -0.1) is 0 Å². The first-order chi connectivity index (χ1) is 13.1. The van der Waals surface area contributed by atoms with E-state index < -0.39 is 0 Å². The number of benzene rings is 1. The fraction of sp³-hybridized carbons (Fsp3) is 0.579. The number of nitrogens with one attached hydrogen (secondary N) is 1. The molecular formula is C19H27FN4O3. The van der Waals surface area contributed by atoms with E-state index in [1.807, 2.05) is 4.90 Å². The van der Waals surface area contributed by atoms with Gasteiger partial charge in [0.1, 0.15) is 12.2 Å². The zero-order chi connectivity index (χ0) is 19.1. The molecule has 148 valence electrons. The Labute approximate surface area is 159 Å². The Hall–Kier alpha value is -2.19. The van der Waals surface area contributed by atoms with Crippen molar-refractivity contribution in [2.45, 2.75) is 6.42 Å². The van der Waals surface area contributed by atoms with E-state index in [4.69, 9.17) is 4.74 Å². The van der Waals surface area contributed by atoms with Crippen molar-refractivity contribution in [1.82, 2.24) is 15.1 Å². The summed E-state index contributed by atoms with van der Waals surface area (Å²) < 4.78 is 19.2. The van der Waals surface area contributed by atoms with Crippen molar-refractivity contribution >= 4 is 17.5 Å². The summed E-state index contributed by atoms with van der Waals surface area (Å²) in [5, 5.41) is 2.81. The summed E-state index contributed by atoms with van der Waals surface area (Å²) in [5.74, 6) is -0.672. The number of anilines is 1. The maximum Gasteiger partial charge on any atom is 0.232 e. The van der Waals surface area contributed by atoms with Crippen LogP contribution in [0.3, 0.4) is 0 Å². The maximum atomic E-state index is 13.9. The van der Waals surface area contributed by atoms with E-state index >= 15 is 0 Å². The highest BCUT2D eigenvalue weighted by Gasteiger charge is 2.24. The van der Waals surface area contributed by atoms with Crippen LogP contribution in [0, 0.1) is 5.82 Å². The second-order valence-corrected chi connectivity index (χ2v) is 6.80. The molecule has 27 heavy (non-hydrogen) atoms. The summed E-state index contributed by atoms with van der Waals surface area (Å²) in [5.41, 5.74) is 0.561. The number of rotatable bonds is 6.